The highest BCUT2D eigenvalue weighted by molar-refractivity contribution is 5.92. The summed E-state index contributed by atoms with van der Waals surface area (Å²) in [7, 11) is 0. The predicted octanol–water partition coefficient (Wildman–Crippen LogP) is 2.40. The van der Waals surface area contributed by atoms with E-state index < -0.39 is 10.9 Å². The molecule has 0 aromatic heterocycles. The van der Waals surface area contributed by atoms with Gasteiger partial charge in [0.15, 0.2) is 0 Å². The minimum Gasteiger partial charge on any atom is -0.423 e. The first-order valence-corrected chi connectivity index (χ1v) is 5.39. The van der Waals surface area contributed by atoms with Crippen molar-refractivity contribution in [1.82, 2.24) is 0 Å². The molecule has 6 heteroatoms. The molecule has 0 unspecified atom stereocenters. The van der Waals surface area contributed by atoms with Crippen LogP contribution in [0.3, 0.4) is 0 Å². The zero-order valence-electron chi connectivity index (χ0n) is 9.78. The molecule has 0 amide bonds. The highest BCUT2D eigenvalue weighted by Gasteiger charge is 2.16. The van der Waals surface area contributed by atoms with Crippen LogP contribution >= 0.6 is 0 Å². The molecule has 0 fully saturated rings. The molecule has 6 nitrogen and oxygen atoms in total. The Hall–Kier alpha value is -2.89. The van der Waals surface area contributed by atoms with Crippen LogP contribution in [0.2, 0.25) is 0 Å². The zero-order chi connectivity index (χ0) is 13.8. The summed E-state index contributed by atoms with van der Waals surface area (Å²) in [6, 6.07) is 12.2. The molecule has 0 aliphatic heterocycles. The molecule has 0 bridgehead atoms. The van der Waals surface area contributed by atoms with Crippen molar-refractivity contribution in [2.24, 2.45) is 0 Å². The summed E-state index contributed by atoms with van der Waals surface area (Å²) in [6.07, 6.45) is 0. The van der Waals surface area contributed by atoms with Crippen LogP contribution in [0.15, 0.2) is 48.5 Å². The third-order valence-electron chi connectivity index (χ3n) is 2.42. The fraction of sp³-hybridized carbons (Fsp3) is 0. The summed E-state index contributed by atoms with van der Waals surface area (Å²) < 4.78 is 5.07. The number of esters is 1. The van der Waals surface area contributed by atoms with Gasteiger partial charge in [-0.05, 0) is 24.3 Å². The Morgan fingerprint density at radius 2 is 1.84 bits per heavy atom. The summed E-state index contributed by atoms with van der Waals surface area (Å²) in [4.78, 5) is 21.9. The van der Waals surface area contributed by atoms with E-state index in [1.807, 2.05) is 0 Å². The Labute approximate surface area is 108 Å². The average molecular weight is 258 g/mol. The Balaban J connectivity index is 2.25. The van der Waals surface area contributed by atoms with Crippen molar-refractivity contribution in [2.75, 3.05) is 5.73 Å². The number of benzene rings is 2. The van der Waals surface area contributed by atoms with Crippen molar-refractivity contribution in [3.63, 3.8) is 0 Å². The standard InChI is InChI=1S/C13H10N2O4/c14-11-7-6-9(8-12(11)15(17)18)13(16)19-10-4-2-1-3-5-10/h1-8H,14H2. The fourth-order valence-corrected chi connectivity index (χ4v) is 1.48. The maximum Gasteiger partial charge on any atom is 0.343 e. The number of nitrogens with two attached hydrogens (primary N) is 1. The van der Waals surface area contributed by atoms with Crippen LogP contribution < -0.4 is 10.5 Å². The van der Waals surface area contributed by atoms with Gasteiger partial charge in [0.05, 0.1) is 10.5 Å². The molecule has 19 heavy (non-hydrogen) atoms. The molecule has 2 N–H and O–H groups in total. The van der Waals surface area contributed by atoms with Crippen LogP contribution in [0.25, 0.3) is 0 Å². The first-order valence-electron chi connectivity index (χ1n) is 5.39. The summed E-state index contributed by atoms with van der Waals surface area (Å²) in [6.45, 7) is 0. The molecule has 2 rings (SSSR count). The van der Waals surface area contributed by atoms with Gasteiger partial charge in [-0.3, -0.25) is 10.1 Å². The molecule has 2 aromatic carbocycles. The number of hydrogen-bond donors (Lipinski definition) is 1. The van der Waals surface area contributed by atoms with Gasteiger partial charge in [0.2, 0.25) is 0 Å². The Morgan fingerprint density at radius 1 is 1.16 bits per heavy atom. The van der Waals surface area contributed by atoms with Crippen LogP contribution in [0.4, 0.5) is 11.4 Å². The number of nitrogens with zero attached hydrogens (tertiary/aromatic N) is 1. The molecule has 0 heterocycles. The van der Waals surface area contributed by atoms with Crippen molar-refractivity contribution >= 4 is 17.3 Å². The second kappa shape index (κ2) is 5.18. The van der Waals surface area contributed by atoms with E-state index in [1.54, 1.807) is 30.3 Å². The van der Waals surface area contributed by atoms with E-state index in [0.717, 1.165) is 6.07 Å². The highest BCUT2D eigenvalue weighted by Crippen LogP contribution is 2.23. The topological polar surface area (TPSA) is 95.5 Å². The van der Waals surface area contributed by atoms with Gasteiger partial charge in [-0.25, -0.2) is 4.79 Å². The second-order valence-corrected chi connectivity index (χ2v) is 3.73. The van der Waals surface area contributed by atoms with Crippen molar-refractivity contribution in [1.29, 1.82) is 0 Å². The molecule has 96 valence electrons. The van der Waals surface area contributed by atoms with Crippen molar-refractivity contribution < 1.29 is 14.5 Å². The summed E-state index contributed by atoms with van der Waals surface area (Å²) in [5.41, 5.74) is 5.21. The van der Waals surface area contributed by atoms with Gasteiger partial charge < -0.3 is 10.5 Å². The van der Waals surface area contributed by atoms with Gasteiger partial charge in [0, 0.05) is 6.07 Å². The minimum atomic E-state index is -0.672. The maximum atomic E-state index is 11.8. The lowest BCUT2D eigenvalue weighted by Crippen LogP contribution is -2.09. The summed E-state index contributed by atoms with van der Waals surface area (Å²) in [5, 5.41) is 10.7. The number of ether oxygens (including phenoxy) is 1. The summed E-state index contributed by atoms with van der Waals surface area (Å²) in [5.74, 6) is -0.304. The van der Waals surface area contributed by atoms with Crippen LogP contribution in [0.5, 0.6) is 5.75 Å². The number of nitro groups is 1. The van der Waals surface area contributed by atoms with E-state index in [-0.39, 0.29) is 16.9 Å². The average Bonchev–Trinajstić information content (AvgIpc) is 2.40. The Morgan fingerprint density at radius 3 is 2.47 bits per heavy atom. The number of nitro benzene ring substituents is 1. The van der Waals surface area contributed by atoms with Gasteiger partial charge in [-0.2, -0.15) is 0 Å². The lowest BCUT2D eigenvalue weighted by atomic mass is 10.2. The third kappa shape index (κ3) is 2.86. The van der Waals surface area contributed by atoms with Gasteiger partial charge in [0.1, 0.15) is 11.4 Å². The smallest absolute Gasteiger partial charge is 0.343 e. The quantitative estimate of drug-likeness (QED) is 0.300. The molecule has 0 aliphatic rings. The van der Waals surface area contributed by atoms with Crippen LogP contribution in [-0.2, 0) is 0 Å². The van der Waals surface area contributed by atoms with Gasteiger partial charge in [-0.15, -0.1) is 0 Å². The number of carbonyl (C=O) groups excluding carboxylic acids is 1. The number of carbonyl (C=O) groups is 1. The lowest BCUT2D eigenvalue weighted by molar-refractivity contribution is -0.383. The van der Waals surface area contributed by atoms with E-state index in [0.29, 0.717) is 5.75 Å². The number of rotatable bonds is 3. The van der Waals surface area contributed by atoms with Crippen molar-refractivity contribution in [2.45, 2.75) is 0 Å². The van der Waals surface area contributed by atoms with Crippen LogP contribution in [0.1, 0.15) is 10.4 Å². The Kier molecular flexibility index (Phi) is 3.42. The van der Waals surface area contributed by atoms with E-state index in [4.69, 9.17) is 10.5 Å². The first-order chi connectivity index (χ1) is 9.08. The Bertz CT molecular complexity index is 626. The van der Waals surface area contributed by atoms with E-state index in [1.165, 1.54) is 12.1 Å². The monoisotopic (exact) mass is 258 g/mol. The van der Waals surface area contributed by atoms with Crippen LogP contribution in [-0.4, -0.2) is 10.9 Å². The number of anilines is 1. The molecular formula is C13H10N2O4. The molecular weight excluding hydrogens is 248 g/mol. The SMILES string of the molecule is Nc1ccc(C(=O)Oc2ccccc2)cc1[N+](=O)[O-]. The highest BCUT2D eigenvalue weighted by atomic mass is 16.6. The normalized spacial score (nSPS) is 9.89. The second-order valence-electron chi connectivity index (χ2n) is 3.73. The minimum absolute atomic E-state index is 0.00117. The van der Waals surface area contributed by atoms with E-state index >= 15 is 0 Å². The lowest BCUT2D eigenvalue weighted by Gasteiger charge is -2.04. The van der Waals surface area contributed by atoms with Crippen molar-refractivity contribution in [3.05, 3.63) is 64.2 Å². The fourth-order valence-electron chi connectivity index (χ4n) is 1.48. The zero-order valence-corrected chi connectivity index (χ0v) is 9.78. The molecule has 0 saturated heterocycles. The molecule has 0 saturated carbocycles. The van der Waals surface area contributed by atoms with Gasteiger partial charge in [-0.1, -0.05) is 18.2 Å². The predicted molar refractivity (Wildman–Crippen MR) is 68.9 cm³/mol. The molecule has 0 radical (unpaired) electrons. The number of para-hydroxylation sites is 1. The van der Waals surface area contributed by atoms with Crippen LogP contribution in [0, 0.1) is 10.1 Å². The largest absolute Gasteiger partial charge is 0.423 e. The van der Waals surface area contributed by atoms with Gasteiger partial charge in [0.25, 0.3) is 5.69 Å². The van der Waals surface area contributed by atoms with Crippen molar-refractivity contribution in [3.8, 4) is 5.75 Å². The molecule has 2 aromatic rings. The number of hydrogen-bond acceptors (Lipinski definition) is 5. The third-order valence-corrected chi connectivity index (χ3v) is 2.42. The maximum absolute atomic E-state index is 11.8. The van der Waals surface area contributed by atoms with E-state index in [9.17, 15) is 14.9 Å². The van der Waals surface area contributed by atoms with Gasteiger partial charge >= 0.3 is 5.97 Å². The summed E-state index contributed by atoms with van der Waals surface area (Å²) >= 11 is 0. The number of nitrogen functional groups attached to an aromatic ring is 1. The first kappa shape index (κ1) is 12.6. The molecule has 0 aliphatic carbocycles. The molecule has 0 spiro atoms. The molecule has 0 atom stereocenters. The van der Waals surface area contributed by atoms with E-state index in [2.05, 4.69) is 0 Å².